The Morgan fingerprint density at radius 2 is 1.54 bits per heavy atom. The first-order valence-corrected chi connectivity index (χ1v) is 10.3. The molecule has 1 aliphatic rings. The van der Waals surface area contributed by atoms with Crippen LogP contribution in [0.4, 0.5) is 0 Å². The van der Waals surface area contributed by atoms with Gasteiger partial charge in [0, 0.05) is 18.9 Å². The molecule has 0 amide bonds. The smallest absolute Gasteiger partial charge is 0.0982 e. The fourth-order valence-corrected chi connectivity index (χ4v) is 3.34. The first-order chi connectivity index (χ1) is 11.9. The Morgan fingerprint density at radius 3 is 2.17 bits per heavy atom. The van der Waals surface area contributed by atoms with E-state index in [1.165, 1.54) is 83.5 Å². The fourth-order valence-electron chi connectivity index (χ4n) is 3.34. The van der Waals surface area contributed by atoms with Crippen molar-refractivity contribution in [3.63, 3.8) is 0 Å². The number of hydrogen-bond acceptors (Lipinski definition) is 3. The van der Waals surface area contributed by atoms with Gasteiger partial charge in [-0.1, -0.05) is 70.4 Å². The van der Waals surface area contributed by atoms with Gasteiger partial charge in [-0.15, -0.1) is 0 Å². The number of unbranched alkanes of at least 4 members (excludes halogenated alkanes) is 10. The molecule has 0 aromatic carbocycles. The van der Waals surface area contributed by atoms with E-state index in [2.05, 4.69) is 35.5 Å². The first kappa shape index (κ1) is 21.1. The van der Waals surface area contributed by atoms with Crippen molar-refractivity contribution < 1.29 is 5.11 Å². The SMILES string of the molecule is CC/C=C/CCCCCCCCCCCCC1NC=CN1CCO. The molecule has 3 heteroatoms. The van der Waals surface area contributed by atoms with Crippen LogP contribution in [-0.2, 0) is 0 Å². The van der Waals surface area contributed by atoms with E-state index in [0.29, 0.717) is 6.17 Å². The number of aliphatic hydroxyl groups is 1. The van der Waals surface area contributed by atoms with Crippen LogP contribution in [0.3, 0.4) is 0 Å². The van der Waals surface area contributed by atoms with Gasteiger partial charge in [0.15, 0.2) is 0 Å². The van der Waals surface area contributed by atoms with Crippen molar-refractivity contribution in [2.45, 2.75) is 96.6 Å². The van der Waals surface area contributed by atoms with E-state index in [9.17, 15) is 0 Å². The van der Waals surface area contributed by atoms with Crippen LogP contribution in [0.5, 0.6) is 0 Å². The van der Waals surface area contributed by atoms with E-state index in [1.807, 2.05) is 6.20 Å². The molecule has 1 unspecified atom stereocenters. The van der Waals surface area contributed by atoms with Gasteiger partial charge >= 0.3 is 0 Å². The highest BCUT2D eigenvalue weighted by molar-refractivity contribution is 4.93. The zero-order chi connectivity index (χ0) is 17.3. The summed E-state index contributed by atoms with van der Waals surface area (Å²) in [5.41, 5.74) is 0. The number of β-amino-alcohol motifs (C(OH)–C–C–N with tert-alkyl or cyclic N) is 1. The molecular formula is C21H40N2O. The Bertz CT molecular complexity index is 328. The quantitative estimate of drug-likeness (QED) is 0.295. The molecule has 0 aromatic heterocycles. The van der Waals surface area contributed by atoms with Crippen LogP contribution >= 0.6 is 0 Å². The largest absolute Gasteiger partial charge is 0.395 e. The summed E-state index contributed by atoms with van der Waals surface area (Å²) < 4.78 is 0. The highest BCUT2D eigenvalue weighted by Crippen LogP contribution is 2.15. The van der Waals surface area contributed by atoms with E-state index < -0.39 is 0 Å². The zero-order valence-corrected chi connectivity index (χ0v) is 15.9. The first-order valence-electron chi connectivity index (χ1n) is 10.3. The maximum atomic E-state index is 9.03. The van der Waals surface area contributed by atoms with Gasteiger partial charge < -0.3 is 15.3 Å². The molecule has 0 bridgehead atoms. The second-order valence-corrected chi connectivity index (χ2v) is 6.95. The molecule has 0 aliphatic carbocycles. The third kappa shape index (κ3) is 10.7. The fraction of sp³-hybridized carbons (Fsp3) is 0.810. The lowest BCUT2D eigenvalue weighted by molar-refractivity contribution is 0.194. The van der Waals surface area contributed by atoms with Crippen molar-refractivity contribution in [3.8, 4) is 0 Å². The molecule has 24 heavy (non-hydrogen) atoms. The Hall–Kier alpha value is -0.960. The van der Waals surface area contributed by atoms with Crippen LogP contribution in [-0.4, -0.2) is 29.3 Å². The Kier molecular flexibility index (Phi) is 13.7. The summed E-state index contributed by atoms with van der Waals surface area (Å²) in [5, 5.41) is 12.4. The summed E-state index contributed by atoms with van der Waals surface area (Å²) in [6.07, 6.45) is 26.6. The maximum absolute atomic E-state index is 9.03. The van der Waals surface area contributed by atoms with Gasteiger partial charge in [0.05, 0.1) is 12.8 Å². The molecule has 1 atom stereocenters. The van der Waals surface area contributed by atoms with Crippen LogP contribution in [0, 0.1) is 0 Å². The second-order valence-electron chi connectivity index (χ2n) is 6.95. The summed E-state index contributed by atoms with van der Waals surface area (Å²) in [4.78, 5) is 2.21. The van der Waals surface area contributed by atoms with Gasteiger partial charge in [-0.3, -0.25) is 0 Å². The molecule has 140 valence electrons. The summed E-state index contributed by atoms with van der Waals surface area (Å²) in [6, 6.07) is 0. The van der Waals surface area contributed by atoms with Crippen LogP contribution in [0.2, 0.25) is 0 Å². The zero-order valence-electron chi connectivity index (χ0n) is 15.9. The molecule has 0 aromatic rings. The minimum Gasteiger partial charge on any atom is -0.395 e. The van der Waals surface area contributed by atoms with Crippen molar-refractivity contribution in [2.75, 3.05) is 13.2 Å². The van der Waals surface area contributed by atoms with Crippen molar-refractivity contribution in [1.82, 2.24) is 10.2 Å². The van der Waals surface area contributed by atoms with Crippen LogP contribution < -0.4 is 5.32 Å². The standard InChI is InChI=1S/C21H40N2O/c1-2-3-4-5-6-7-8-9-10-11-12-13-14-15-16-21-22-17-18-23(21)19-20-24/h3-4,17-18,21-22,24H,2,5-16,19-20H2,1H3/b4-3+. The van der Waals surface area contributed by atoms with E-state index in [4.69, 9.17) is 5.11 Å². The Morgan fingerprint density at radius 1 is 0.917 bits per heavy atom. The van der Waals surface area contributed by atoms with Crippen molar-refractivity contribution >= 4 is 0 Å². The van der Waals surface area contributed by atoms with Gasteiger partial charge in [-0.25, -0.2) is 0 Å². The molecule has 0 radical (unpaired) electrons. The minimum atomic E-state index is 0.234. The van der Waals surface area contributed by atoms with Gasteiger partial charge in [0.1, 0.15) is 0 Å². The molecule has 0 fully saturated rings. The number of aliphatic hydroxyl groups excluding tert-OH is 1. The summed E-state index contributed by atoms with van der Waals surface area (Å²) >= 11 is 0. The molecule has 1 rings (SSSR count). The number of rotatable bonds is 16. The Balaban J connectivity index is 1.79. The van der Waals surface area contributed by atoms with Crippen LogP contribution in [0.1, 0.15) is 90.4 Å². The van der Waals surface area contributed by atoms with E-state index in [0.717, 1.165) is 6.54 Å². The van der Waals surface area contributed by atoms with E-state index in [-0.39, 0.29) is 6.61 Å². The van der Waals surface area contributed by atoms with Gasteiger partial charge in [0.2, 0.25) is 0 Å². The number of allylic oxidation sites excluding steroid dienone is 2. The van der Waals surface area contributed by atoms with E-state index >= 15 is 0 Å². The van der Waals surface area contributed by atoms with Crippen molar-refractivity contribution in [2.24, 2.45) is 0 Å². The van der Waals surface area contributed by atoms with Gasteiger partial charge in [-0.05, 0) is 32.1 Å². The van der Waals surface area contributed by atoms with Crippen molar-refractivity contribution in [3.05, 3.63) is 24.6 Å². The topological polar surface area (TPSA) is 35.5 Å². The molecule has 1 aliphatic heterocycles. The summed E-state index contributed by atoms with van der Waals surface area (Å²) in [5.74, 6) is 0. The van der Waals surface area contributed by atoms with Gasteiger partial charge in [0.25, 0.3) is 0 Å². The number of nitrogens with zero attached hydrogens (tertiary/aromatic N) is 1. The normalized spacial score (nSPS) is 17.1. The predicted molar refractivity (Wildman–Crippen MR) is 105 cm³/mol. The van der Waals surface area contributed by atoms with Crippen molar-refractivity contribution in [1.29, 1.82) is 0 Å². The lowest BCUT2D eigenvalue weighted by Gasteiger charge is -2.24. The second kappa shape index (κ2) is 15.6. The third-order valence-electron chi connectivity index (χ3n) is 4.81. The summed E-state index contributed by atoms with van der Waals surface area (Å²) in [6.45, 7) is 3.17. The monoisotopic (exact) mass is 336 g/mol. The Labute approximate surface area is 150 Å². The predicted octanol–water partition coefficient (Wildman–Crippen LogP) is 5.33. The molecule has 0 saturated carbocycles. The van der Waals surface area contributed by atoms with Crippen LogP contribution in [0.25, 0.3) is 0 Å². The summed E-state index contributed by atoms with van der Waals surface area (Å²) in [7, 11) is 0. The number of nitrogens with one attached hydrogen (secondary N) is 1. The minimum absolute atomic E-state index is 0.234. The average Bonchev–Trinajstić information content (AvgIpc) is 3.03. The average molecular weight is 337 g/mol. The van der Waals surface area contributed by atoms with Gasteiger partial charge in [-0.2, -0.15) is 0 Å². The third-order valence-corrected chi connectivity index (χ3v) is 4.81. The highest BCUT2D eigenvalue weighted by Gasteiger charge is 2.16. The lowest BCUT2D eigenvalue weighted by Crippen LogP contribution is -2.36. The molecule has 0 spiro atoms. The van der Waals surface area contributed by atoms with Crippen LogP contribution in [0.15, 0.2) is 24.6 Å². The molecule has 1 heterocycles. The maximum Gasteiger partial charge on any atom is 0.0982 e. The highest BCUT2D eigenvalue weighted by atomic mass is 16.3. The molecule has 2 N–H and O–H groups in total. The molecule has 3 nitrogen and oxygen atoms in total. The number of hydrogen-bond donors (Lipinski definition) is 2. The molecular weight excluding hydrogens is 296 g/mol. The lowest BCUT2D eigenvalue weighted by atomic mass is 10.0. The van der Waals surface area contributed by atoms with E-state index in [1.54, 1.807) is 0 Å². The molecule has 0 saturated heterocycles.